The van der Waals surface area contributed by atoms with E-state index in [2.05, 4.69) is 5.32 Å². The average molecular weight is 241 g/mol. The molecule has 0 bridgehead atoms. The summed E-state index contributed by atoms with van der Waals surface area (Å²) in [5, 5.41) is 21.7. The minimum Gasteiger partial charge on any atom is -0.477 e. The number of carboxylic acid groups (broad SMARTS) is 1. The number of carboxylic acids is 1. The molecule has 0 aliphatic heterocycles. The van der Waals surface area contributed by atoms with E-state index in [4.69, 9.17) is 5.11 Å². The molecule has 0 spiro atoms. The van der Waals surface area contributed by atoms with Gasteiger partial charge in [-0.3, -0.25) is 0 Å². The van der Waals surface area contributed by atoms with Crippen LogP contribution >= 0.6 is 11.3 Å². The summed E-state index contributed by atoms with van der Waals surface area (Å²) in [6.45, 7) is 1.22. The summed E-state index contributed by atoms with van der Waals surface area (Å²) >= 11 is 1.27. The maximum atomic E-state index is 10.7. The average Bonchev–Trinajstić information content (AvgIpc) is 2.64. The van der Waals surface area contributed by atoms with Gasteiger partial charge in [0.05, 0.1) is 5.60 Å². The van der Waals surface area contributed by atoms with E-state index in [-0.39, 0.29) is 0 Å². The van der Waals surface area contributed by atoms with E-state index in [1.807, 2.05) is 6.07 Å². The molecule has 1 heterocycles. The topological polar surface area (TPSA) is 69.6 Å². The first-order chi connectivity index (χ1) is 7.59. The number of hydrogen-bond donors (Lipinski definition) is 3. The van der Waals surface area contributed by atoms with Crippen LogP contribution in [0.15, 0.2) is 12.1 Å². The van der Waals surface area contributed by atoms with E-state index in [1.54, 1.807) is 6.07 Å². The third kappa shape index (κ3) is 2.61. The van der Waals surface area contributed by atoms with Crippen molar-refractivity contribution in [3.8, 4) is 0 Å². The highest BCUT2D eigenvalue weighted by Gasteiger charge is 2.33. The quantitative estimate of drug-likeness (QED) is 0.730. The van der Waals surface area contributed by atoms with Crippen LogP contribution in [0.5, 0.6) is 0 Å². The third-order valence-corrected chi connectivity index (χ3v) is 3.98. The van der Waals surface area contributed by atoms with Crippen molar-refractivity contribution in [2.75, 3.05) is 6.54 Å². The maximum absolute atomic E-state index is 10.7. The van der Waals surface area contributed by atoms with Crippen LogP contribution in [0.25, 0.3) is 0 Å². The molecule has 4 nitrogen and oxygen atoms in total. The van der Waals surface area contributed by atoms with Gasteiger partial charge in [-0.25, -0.2) is 4.79 Å². The fraction of sp³-hybridized carbons (Fsp3) is 0.545. The number of hydrogen-bond acceptors (Lipinski definition) is 4. The standard InChI is InChI=1S/C11H15NO3S/c13-10(14)9-3-2-8(16-9)6-12-7-11(15)4-1-5-11/h2-3,12,15H,1,4-7H2,(H,13,14). The molecule has 5 heteroatoms. The third-order valence-electron chi connectivity index (χ3n) is 2.91. The minimum absolute atomic E-state index is 0.360. The van der Waals surface area contributed by atoms with Gasteiger partial charge >= 0.3 is 5.97 Å². The summed E-state index contributed by atoms with van der Waals surface area (Å²) in [6, 6.07) is 3.42. The van der Waals surface area contributed by atoms with Crippen LogP contribution in [0, 0.1) is 0 Å². The molecule has 0 aromatic carbocycles. The van der Waals surface area contributed by atoms with Gasteiger partial charge in [0.1, 0.15) is 4.88 Å². The van der Waals surface area contributed by atoms with Gasteiger partial charge in [0.15, 0.2) is 0 Å². The zero-order chi connectivity index (χ0) is 11.6. The molecule has 1 aromatic heterocycles. The van der Waals surface area contributed by atoms with E-state index in [1.165, 1.54) is 11.3 Å². The zero-order valence-electron chi connectivity index (χ0n) is 8.90. The Hall–Kier alpha value is -0.910. The Labute approximate surface area is 97.9 Å². The molecule has 1 aliphatic carbocycles. The first-order valence-corrected chi connectivity index (χ1v) is 6.16. The fourth-order valence-electron chi connectivity index (χ4n) is 1.77. The lowest BCUT2D eigenvalue weighted by molar-refractivity contribution is -0.0314. The summed E-state index contributed by atoms with van der Waals surface area (Å²) in [5.74, 6) is -0.881. The number of carbonyl (C=O) groups is 1. The number of rotatable bonds is 5. The highest BCUT2D eigenvalue weighted by atomic mass is 32.1. The molecule has 88 valence electrons. The largest absolute Gasteiger partial charge is 0.477 e. The maximum Gasteiger partial charge on any atom is 0.345 e. The van der Waals surface area contributed by atoms with Crippen LogP contribution in [0.2, 0.25) is 0 Å². The van der Waals surface area contributed by atoms with E-state index >= 15 is 0 Å². The van der Waals surface area contributed by atoms with E-state index in [0.717, 1.165) is 24.1 Å². The second-order valence-corrected chi connectivity index (χ2v) is 5.42. The van der Waals surface area contributed by atoms with Gasteiger partial charge < -0.3 is 15.5 Å². The predicted octanol–water partition coefficient (Wildman–Crippen LogP) is 1.45. The van der Waals surface area contributed by atoms with Crippen LogP contribution in [-0.2, 0) is 6.54 Å². The van der Waals surface area contributed by atoms with Crippen LogP contribution in [-0.4, -0.2) is 28.3 Å². The molecule has 3 N–H and O–H groups in total. The van der Waals surface area contributed by atoms with Crippen molar-refractivity contribution in [2.24, 2.45) is 0 Å². The summed E-state index contributed by atoms with van der Waals surface area (Å²) < 4.78 is 0. The Morgan fingerprint density at radius 1 is 1.50 bits per heavy atom. The van der Waals surface area contributed by atoms with E-state index in [9.17, 15) is 9.90 Å². The monoisotopic (exact) mass is 241 g/mol. The van der Waals surface area contributed by atoms with Gasteiger partial charge in [-0.05, 0) is 31.4 Å². The fourth-order valence-corrected chi connectivity index (χ4v) is 2.58. The van der Waals surface area contributed by atoms with Gasteiger partial charge in [0, 0.05) is 18.0 Å². The first-order valence-electron chi connectivity index (χ1n) is 5.34. The van der Waals surface area contributed by atoms with Crippen LogP contribution in [0.1, 0.15) is 33.8 Å². The Morgan fingerprint density at radius 3 is 2.75 bits per heavy atom. The smallest absolute Gasteiger partial charge is 0.345 e. The molecule has 1 aromatic rings. The normalized spacial score (nSPS) is 18.1. The SMILES string of the molecule is O=C(O)c1ccc(CNCC2(O)CCC2)s1. The van der Waals surface area contributed by atoms with Gasteiger partial charge in [0.25, 0.3) is 0 Å². The Bertz CT molecular complexity index is 384. The van der Waals surface area contributed by atoms with Crippen molar-refractivity contribution in [3.63, 3.8) is 0 Å². The van der Waals surface area contributed by atoms with Crippen molar-refractivity contribution >= 4 is 17.3 Å². The number of aromatic carboxylic acids is 1. The lowest BCUT2D eigenvalue weighted by Gasteiger charge is -2.36. The summed E-state index contributed by atoms with van der Waals surface area (Å²) in [7, 11) is 0. The molecule has 1 saturated carbocycles. The molecular formula is C11H15NO3S. The zero-order valence-corrected chi connectivity index (χ0v) is 9.72. The molecule has 0 amide bonds. The lowest BCUT2D eigenvalue weighted by atomic mass is 9.80. The second kappa shape index (κ2) is 4.53. The molecule has 2 rings (SSSR count). The molecule has 1 aliphatic rings. The highest BCUT2D eigenvalue weighted by Crippen LogP contribution is 2.30. The summed E-state index contributed by atoms with van der Waals surface area (Å²) in [5.41, 5.74) is -0.521. The molecule has 0 radical (unpaired) electrons. The van der Waals surface area contributed by atoms with Crippen molar-refractivity contribution in [3.05, 3.63) is 21.9 Å². The molecule has 1 fully saturated rings. The van der Waals surface area contributed by atoms with Gasteiger partial charge in [-0.2, -0.15) is 0 Å². The summed E-state index contributed by atoms with van der Waals surface area (Å²) in [6.07, 6.45) is 2.83. The van der Waals surface area contributed by atoms with Crippen LogP contribution in [0.4, 0.5) is 0 Å². The lowest BCUT2D eigenvalue weighted by Crippen LogP contribution is -2.45. The van der Waals surface area contributed by atoms with Gasteiger partial charge in [0.2, 0.25) is 0 Å². The summed E-state index contributed by atoms with van der Waals surface area (Å²) in [4.78, 5) is 12.0. The molecule has 16 heavy (non-hydrogen) atoms. The van der Waals surface area contributed by atoms with E-state index < -0.39 is 11.6 Å². The van der Waals surface area contributed by atoms with E-state index in [0.29, 0.717) is 18.0 Å². The number of nitrogens with one attached hydrogen (secondary N) is 1. The van der Waals surface area contributed by atoms with Crippen LogP contribution in [0.3, 0.4) is 0 Å². The number of thiophene rings is 1. The Morgan fingerprint density at radius 2 is 2.25 bits per heavy atom. The van der Waals surface area contributed by atoms with Crippen molar-refractivity contribution in [2.45, 2.75) is 31.4 Å². The van der Waals surface area contributed by atoms with Gasteiger partial charge in [-0.15, -0.1) is 11.3 Å². The second-order valence-electron chi connectivity index (χ2n) is 4.25. The highest BCUT2D eigenvalue weighted by molar-refractivity contribution is 7.13. The molecule has 0 atom stereocenters. The van der Waals surface area contributed by atoms with Crippen molar-refractivity contribution in [1.82, 2.24) is 5.32 Å². The van der Waals surface area contributed by atoms with Crippen molar-refractivity contribution in [1.29, 1.82) is 0 Å². The first kappa shape index (κ1) is 11.6. The Balaban J connectivity index is 1.78. The molecular weight excluding hydrogens is 226 g/mol. The van der Waals surface area contributed by atoms with Gasteiger partial charge in [-0.1, -0.05) is 0 Å². The van der Waals surface area contributed by atoms with Crippen molar-refractivity contribution < 1.29 is 15.0 Å². The number of aliphatic hydroxyl groups is 1. The molecule has 0 saturated heterocycles. The Kier molecular flexibility index (Phi) is 3.28. The predicted molar refractivity (Wildman–Crippen MR) is 61.8 cm³/mol. The molecule has 0 unspecified atom stereocenters. The van der Waals surface area contributed by atoms with Crippen LogP contribution < -0.4 is 5.32 Å². The minimum atomic E-state index is -0.881.